The first-order valence-corrected chi connectivity index (χ1v) is 7.33. The molecule has 7 heteroatoms. The van der Waals surface area contributed by atoms with E-state index >= 15 is 0 Å². The van der Waals surface area contributed by atoms with Crippen molar-refractivity contribution in [1.82, 2.24) is 10.4 Å². The molecule has 0 aliphatic rings. The average molecular weight is 322 g/mol. The van der Waals surface area contributed by atoms with Crippen molar-refractivity contribution < 1.29 is 25.0 Å². The molecule has 23 heavy (non-hydrogen) atoms. The Morgan fingerprint density at radius 3 is 2.35 bits per heavy atom. The second-order valence-corrected chi connectivity index (χ2v) is 4.99. The summed E-state index contributed by atoms with van der Waals surface area (Å²) in [5.41, 5.74) is 1.98. The number of benzene rings is 1. The van der Waals surface area contributed by atoms with Crippen LogP contribution in [-0.2, 0) is 22.7 Å². The van der Waals surface area contributed by atoms with Gasteiger partial charge < -0.3 is 15.5 Å². The Bertz CT molecular complexity index is 528. The van der Waals surface area contributed by atoms with Crippen molar-refractivity contribution in [2.45, 2.75) is 26.0 Å². The molecular weight excluding hydrogens is 300 g/mol. The van der Waals surface area contributed by atoms with E-state index in [2.05, 4.69) is 5.32 Å². The van der Waals surface area contributed by atoms with E-state index in [1.165, 1.54) is 0 Å². The maximum atomic E-state index is 11.3. The minimum absolute atomic E-state index is 0.0335. The fourth-order valence-corrected chi connectivity index (χ4v) is 1.85. The van der Waals surface area contributed by atoms with Crippen LogP contribution in [0.1, 0.15) is 24.0 Å². The van der Waals surface area contributed by atoms with Crippen LogP contribution in [0.3, 0.4) is 0 Å². The van der Waals surface area contributed by atoms with Gasteiger partial charge in [-0.2, -0.15) is 0 Å². The molecule has 126 valence electrons. The summed E-state index contributed by atoms with van der Waals surface area (Å²) in [4.78, 5) is 21.5. The predicted molar refractivity (Wildman–Crippen MR) is 83.6 cm³/mol. The summed E-state index contributed by atoms with van der Waals surface area (Å²) in [5.74, 6) is -1.98. The minimum Gasteiger partial charge on any atom is -0.478 e. The number of aliphatic carboxylic acids is 1. The van der Waals surface area contributed by atoms with Crippen LogP contribution in [0, 0.1) is 0 Å². The Hall–Kier alpha value is -2.22. The molecule has 0 bridgehead atoms. The third-order valence-electron chi connectivity index (χ3n) is 3.13. The standard InChI is InChI=1S/C16H22N2O5/c19-12-14-5-3-13(4-6-14)11-17-9-1-2-10-18(23)15(20)7-8-16(21)22/h3-8,17,19,23H,1-2,9-12H2,(H,21,22)/b8-7+. The van der Waals surface area contributed by atoms with E-state index in [0.29, 0.717) is 24.1 Å². The minimum atomic E-state index is -1.23. The number of rotatable bonds is 10. The van der Waals surface area contributed by atoms with Crippen molar-refractivity contribution in [2.24, 2.45) is 0 Å². The van der Waals surface area contributed by atoms with Gasteiger partial charge in [-0.05, 0) is 30.5 Å². The van der Waals surface area contributed by atoms with Gasteiger partial charge in [-0.3, -0.25) is 10.0 Å². The lowest BCUT2D eigenvalue weighted by Gasteiger charge is -2.12. The quantitative estimate of drug-likeness (QED) is 0.221. The van der Waals surface area contributed by atoms with E-state index in [9.17, 15) is 14.8 Å². The van der Waals surface area contributed by atoms with Crippen LogP contribution >= 0.6 is 0 Å². The lowest BCUT2D eigenvalue weighted by atomic mass is 10.1. The highest BCUT2D eigenvalue weighted by atomic mass is 16.5. The third kappa shape index (κ3) is 8.10. The SMILES string of the molecule is O=C(O)/C=C/C(=O)N(O)CCCCNCc1ccc(CO)cc1. The van der Waals surface area contributed by atoms with Crippen molar-refractivity contribution >= 4 is 11.9 Å². The fourth-order valence-electron chi connectivity index (χ4n) is 1.85. The monoisotopic (exact) mass is 322 g/mol. The van der Waals surface area contributed by atoms with E-state index < -0.39 is 11.9 Å². The molecular formula is C16H22N2O5. The normalized spacial score (nSPS) is 10.9. The number of nitrogens with zero attached hydrogens (tertiary/aromatic N) is 1. The van der Waals surface area contributed by atoms with Crippen molar-refractivity contribution in [3.05, 3.63) is 47.5 Å². The number of aliphatic hydroxyl groups excluding tert-OH is 1. The van der Waals surface area contributed by atoms with Crippen LogP contribution in [0.25, 0.3) is 0 Å². The van der Waals surface area contributed by atoms with E-state index in [4.69, 9.17) is 10.2 Å². The number of nitrogens with one attached hydrogen (secondary N) is 1. The maximum Gasteiger partial charge on any atom is 0.328 e. The van der Waals surface area contributed by atoms with Crippen molar-refractivity contribution in [3.63, 3.8) is 0 Å². The van der Waals surface area contributed by atoms with Gasteiger partial charge in [-0.1, -0.05) is 24.3 Å². The number of carbonyl (C=O) groups excluding carboxylic acids is 1. The Morgan fingerprint density at radius 2 is 1.74 bits per heavy atom. The maximum absolute atomic E-state index is 11.3. The first-order valence-electron chi connectivity index (χ1n) is 7.33. The summed E-state index contributed by atoms with van der Waals surface area (Å²) in [7, 11) is 0. The van der Waals surface area contributed by atoms with Crippen molar-refractivity contribution in [1.29, 1.82) is 0 Å². The van der Waals surface area contributed by atoms with E-state index in [1.54, 1.807) is 0 Å². The molecule has 1 amide bonds. The Labute approximate surface area is 134 Å². The zero-order valence-corrected chi connectivity index (χ0v) is 12.8. The zero-order valence-electron chi connectivity index (χ0n) is 12.8. The second kappa shape index (κ2) is 10.5. The molecule has 0 aromatic heterocycles. The largest absolute Gasteiger partial charge is 0.478 e. The first kappa shape index (κ1) is 18.8. The van der Waals surface area contributed by atoms with Crippen LogP contribution in [0.15, 0.2) is 36.4 Å². The summed E-state index contributed by atoms with van der Waals surface area (Å²) >= 11 is 0. The van der Waals surface area contributed by atoms with Gasteiger partial charge in [0.05, 0.1) is 6.61 Å². The van der Waals surface area contributed by atoms with Crippen molar-refractivity contribution in [3.8, 4) is 0 Å². The van der Waals surface area contributed by atoms with Crippen molar-refractivity contribution in [2.75, 3.05) is 13.1 Å². The van der Waals surface area contributed by atoms with Crippen LogP contribution in [-0.4, -0.2) is 45.4 Å². The topological polar surface area (TPSA) is 110 Å². The summed E-state index contributed by atoms with van der Waals surface area (Å²) in [6, 6.07) is 7.64. The van der Waals surface area contributed by atoms with E-state index in [1.807, 2.05) is 24.3 Å². The van der Waals surface area contributed by atoms with Gasteiger partial charge in [0.15, 0.2) is 0 Å². The number of unbranched alkanes of at least 4 members (excludes halogenated alkanes) is 1. The number of aliphatic hydroxyl groups is 1. The second-order valence-electron chi connectivity index (χ2n) is 4.99. The molecule has 0 unspecified atom stereocenters. The van der Waals surface area contributed by atoms with Gasteiger partial charge in [0.25, 0.3) is 5.91 Å². The Morgan fingerprint density at radius 1 is 1.09 bits per heavy atom. The number of carbonyl (C=O) groups is 2. The van der Waals surface area contributed by atoms with Gasteiger partial charge in [-0.15, -0.1) is 0 Å². The lowest BCUT2D eigenvalue weighted by Crippen LogP contribution is -2.27. The average Bonchev–Trinajstić information content (AvgIpc) is 2.56. The molecule has 0 atom stereocenters. The number of hydroxylamine groups is 2. The Balaban J connectivity index is 2.12. The molecule has 7 nitrogen and oxygen atoms in total. The number of hydrogen-bond acceptors (Lipinski definition) is 5. The summed E-state index contributed by atoms with van der Waals surface area (Å²) in [6.45, 7) is 1.62. The number of hydrogen-bond donors (Lipinski definition) is 4. The molecule has 1 rings (SSSR count). The van der Waals surface area contributed by atoms with Crippen LogP contribution in [0.2, 0.25) is 0 Å². The molecule has 0 saturated carbocycles. The highest BCUT2D eigenvalue weighted by molar-refractivity contribution is 5.93. The predicted octanol–water partition coefficient (Wildman–Crippen LogP) is 0.907. The zero-order chi connectivity index (χ0) is 17.1. The first-order chi connectivity index (χ1) is 11.0. The number of carboxylic acid groups (broad SMARTS) is 1. The van der Waals surface area contributed by atoms with Gasteiger partial charge >= 0.3 is 5.97 Å². The molecule has 1 aromatic rings. The molecule has 0 heterocycles. The molecule has 4 N–H and O–H groups in total. The van der Waals surface area contributed by atoms with Crippen LogP contribution in [0.5, 0.6) is 0 Å². The van der Waals surface area contributed by atoms with E-state index in [-0.39, 0.29) is 13.2 Å². The molecule has 0 aliphatic carbocycles. The van der Waals surface area contributed by atoms with Crippen LogP contribution in [0.4, 0.5) is 0 Å². The smallest absolute Gasteiger partial charge is 0.328 e. The highest BCUT2D eigenvalue weighted by Crippen LogP contribution is 2.04. The summed E-state index contributed by atoms with van der Waals surface area (Å²) < 4.78 is 0. The molecule has 0 fully saturated rings. The van der Waals surface area contributed by atoms with Gasteiger partial charge in [0.1, 0.15) is 0 Å². The molecule has 0 spiro atoms. The van der Waals surface area contributed by atoms with Gasteiger partial charge in [0.2, 0.25) is 0 Å². The summed E-state index contributed by atoms with van der Waals surface area (Å²) in [6.07, 6.45) is 2.87. The van der Waals surface area contributed by atoms with Gasteiger partial charge in [0, 0.05) is 25.2 Å². The summed E-state index contributed by atoms with van der Waals surface area (Å²) in [5, 5.41) is 30.5. The van der Waals surface area contributed by atoms with E-state index in [0.717, 1.165) is 30.2 Å². The molecule has 1 aromatic carbocycles. The number of amides is 1. The lowest BCUT2D eigenvalue weighted by molar-refractivity contribution is -0.159. The van der Waals surface area contributed by atoms with Gasteiger partial charge in [-0.25, -0.2) is 9.86 Å². The highest BCUT2D eigenvalue weighted by Gasteiger charge is 2.06. The molecule has 0 radical (unpaired) electrons. The Kier molecular flexibility index (Phi) is 8.59. The molecule has 0 aliphatic heterocycles. The van der Waals surface area contributed by atoms with Crippen LogP contribution < -0.4 is 5.32 Å². The third-order valence-corrected chi connectivity index (χ3v) is 3.13. The number of carboxylic acids is 1. The fraction of sp³-hybridized carbons (Fsp3) is 0.375. The molecule has 0 saturated heterocycles.